The van der Waals surface area contributed by atoms with E-state index >= 15 is 0 Å². The Balaban J connectivity index is 2.72. The number of nitrogens with one attached hydrogen (secondary N) is 1. The topological polar surface area (TPSA) is 32.3 Å². The molecule has 0 aliphatic carbocycles. The highest BCUT2D eigenvalue weighted by Gasteiger charge is 2.23. The summed E-state index contributed by atoms with van der Waals surface area (Å²) in [5, 5.41) is 2.79. The van der Waals surface area contributed by atoms with Crippen LogP contribution in [0.1, 0.15) is 41.0 Å². The van der Waals surface area contributed by atoms with Crippen LogP contribution in [0.4, 0.5) is 0 Å². The van der Waals surface area contributed by atoms with Crippen molar-refractivity contribution in [2.24, 2.45) is 11.8 Å². The van der Waals surface area contributed by atoms with Gasteiger partial charge in [-0.2, -0.15) is 0 Å². The Morgan fingerprint density at radius 2 is 1.94 bits per heavy atom. The molecular formula is C14H24N2O. The van der Waals surface area contributed by atoms with E-state index in [2.05, 4.69) is 44.5 Å². The van der Waals surface area contributed by atoms with Crippen molar-refractivity contribution < 1.29 is 4.79 Å². The predicted molar refractivity (Wildman–Crippen MR) is 71.0 cm³/mol. The van der Waals surface area contributed by atoms with E-state index in [1.54, 1.807) is 0 Å². The van der Waals surface area contributed by atoms with Gasteiger partial charge in [0.2, 0.25) is 0 Å². The highest BCUT2D eigenvalue weighted by atomic mass is 16.2. The average molecular weight is 236 g/mol. The monoisotopic (exact) mass is 236 g/mol. The Kier molecular flexibility index (Phi) is 4.38. The maximum absolute atomic E-state index is 11.4. The highest BCUT2D eigenvalue weighted by Crippen LogP contribution is 2.23. The van der Waals surface area contributed by atoms with Gasteiger partial charge in [-0.25, -0.2) is 0 Å². The quantitative estimate of drug-likeness (QED) is 0.814. The molecule has 96 valence electrons. The third-order valence-corrected chi connectivity index (χ3v) is 3.59. The Labute approximate surface area is 105 Å². The van der Waals surface area contributed by atoms with Crippen molar-refractivity contribution in [1.29, 1.82) is 0 Å². The molecule has 1 amide bonds. The summed E-state index contributed by atoms with van der Waals surface area (Å²) >= 11 is 0. The number of amides is 1. The number of carbonyl (C=O) groups excluding carboxylic acids is 1. The molecule has 0 aromatic rings. The fraction of sp³-hybridized carbons (Fsp3) is 0.643. The predicted octanol–water partition coefficient (Wildman–Crippen LogP) is 2.86. The molecule has 0 aromatic carbocycles. The fourth-order valence-corrected chi connectivity index (χ4v) is 1.96. The summed E-state index contributed by atoms with van der Waals surface area (Å²) in [4.78, 5) is 13.5. The lowest BCUT2D eigenvalue weighted by Gasteiger charge is -2.35. The Bertz CT molecular complexity index is 344. The first-order chi connectivity index (χ1) is 7.82. The van der Waals surface area contributed by atoms with Crippen LogP contribution in [0.3, 0.4) is 0 Å². The summed E-state index contributed by atoms with van der Waals surface area (Å²) in [6, 6.07) is 0.357. The smallest absolute Gasteiger partial charge is 0.253 e. The van der Waals surface area contributed by atoms with Gasteiger partial charge in [0.25, 0.3) is 5.91 Å². The zero-order valence-corrected chi connectivity index (χ0v) is 11.6. The van der Waals surface area contributed by atoms with E-state index in [-0.39, 0.29) is 5.91 Å². The molecule has 1 aliphatic rings. The average Bonchev–Trinajstić information content (AvgIpc) is 2.22. The van der Waals surface area contributed by atoms with E-state index in [0.717, 1.165) is 12.0 Å². The molecule has 0 bridgehead atoms. The van der Waals surface area contributed by atoms with Crippen LogP contribution in [-0.2, 0) is 4.79 Å². The van der Waals surface area contributed by atoms with E-state index in [1.807, 2.05) is 13.1 Å². The zero-order valence-electron chi connectivity index (χ0n) is 11.6. The molecule has 1 heterocycles. The standard InChI is InChI=1S/C14H24N2O/c1-9(2)10(3)7-12(5)16-8-11(4)14(17)15-13(16)6/h8-10,12H,6-7H2,1-5H3,(H,15,17). The SMILES string of the molecule is C=C1NC(=O)C(C)=CN1C(C)CC(C)C(C)C. The minimum Gasteiger partial charge on any atom is -0.332 e. The summed E-state index contributed by atoms with van der Waals surface area (Å²) in [6.07, 6.45) is 3.00. The Morgan fingerprint density at radius 1 is 1.35 bits per heavy atom. The lowest BCUT2D eigenvalue weighted by atomic mass is 9.91. The number of rotatable bonds is 4. The number of carbonyl (C=O) groups is 1. The maximum Gasteiger partial charge on any atom is 0.253 e. The van der Waals surface area contributed by atoms with Crippen molar-refractivity contribution in [1.82, 2.24) is 10.2 Å². The van der Waals surface area contributed by atoms with Crippen molar-refractivity contribution in [3.05, 3.63) is 24.2 Å². The molecule has 2 unspecified atom stereocenters. The highest BCUT2D eigenvalue weighted by molar-refractivity contribution is 5.94. The first-order valence-electron chi connectivity index (χ1n) is 6.30. The second-order valence-electron chi connectivity index (χ2n) is 5.43. The van der Waals surface area contributed by atoms with E-state index in [4.69, 9.17) is 0 Å². The molecule has 1 aliphatic heterocycles. The number of hydrogen-bond acceptors (Lipinski definition) is 2. The van der Waals surface area contributed by atoms with Gasteiger partial charge in [0.1, 0.15) is 5.82 Å². The zero-order chi connectivity index (χ0) is 13.2. The maximum atomic E-state index is 11.4. The van der Waals surface area contributed by atoms with Crippen molar-refractivity contribution in [2.45, 2.75) is 47.1 Å². The summed E-state index contributed by atoms with van der Waals surface area (Å²) in [6.45, 7) is 14.7. The second kappa shape index (κ2) is 5.39. The molecule has 0 saturated heterocycles. The van der Waals surface area contributed by atoms with Gasteiger partial charge in [-0.1, -0.05) is 27.4 Å². The van der Waals surface area contributed by atoms with Crippen LogP contribution in [0.15, 0.2) is 24.2 Å². The van der Waals surface area contributed by atoms with E-state index in [9.17, 15) is 4.79 Å². The van der Waals surface area contributed by atoms with Crippen LogP contribution in [0.5, 0.6) is 0 Å². The summed E-state index contributed by atoms with van der Waals surface area (Å²) in [5.74, 6) is 1.97. The van der Waals surface area contributed by atoms with Gasteiger partial charge >= 0.3 is 0 Å². The van der Waals surface area contributed by atoms with Gasteiger partial charge in [0, 0.05) is 17.8 Å². The van der Waals surface area contributed by atoms with Crippen LogP contribution in [0, 0.1) is 11.8 Å². The first kappa shape index (κ1) is 13.8. The van der Waals surface area contributed by atoms with Crippen molar-refractivity contribution in [3.63, 3.8) is 0 Å². The summed E-state index contributed by atoms with van der Waals surface area (Å²) in [7, 11) is 0. The number of nitrogens with zero attached hydrogens (tertiary/aromatic N) is 1. The largest absolute Gasteiger partial charge is 0.332 e. The lowest BCUT2D eigenvalue weighted by molar-refractivity contribution is -0.117. The van der Waals surface area contributed by atoms with E-state index in [1.165, 1.54) is 0 Å². The lowest BCUT2D eigenvalue weighted by Crippen LogP contribution is -2.42. The Hall–Kier alpha value is -1.25. The third kappa shape index (κ3) is 3.35. The minimum atomic E-state index is -0.0460. The summed E-state index contributed by atoms with van der Waals surface area (Å²) in [5.41, 5.74) is 0.737. The molecule has 0 radical (unpaired) electrons. The van der Waals surface area contributed by atoms with Crippen LogP contribution in [0.2, 0.25) is 0 Å². The molecule has 17 heavy (non-hydrogen) atoms. The molecule has 1 N–H and O–H groups in total. The molecule has 0 saturated carbocycles. The van der Waals surface area contributed by atoms with Gasteiger partial charge in [0.05, 0.1) is 0 Å². The van der Waals surface area contributed by atoms with Gasteiger partial charge < -0.3 is 10.2 Å². The first-order valence-corrected chi connectivity index (χ1v) is 6.30. The van der Waals surface area contributed by atoms with Gasteiger partial charge in [0.15, 0.2) is 0 Å². The third-order valence-electron chi connectivity index (χ3n) is 3.59. The molecule has 1 rings (SSSR count). The van der Waals surface area contributed by atoms with E-state index in [0.29, 0.717) is 23.7 Å². The van der Waals surface area contributed by atoms with Crippen LogP contribution in [0.25, 0.3) is 0 Å². The van der Waals surface area contributed by atoms with Crippen molar-refractivity contribution in [2.75, 3.05) is 0 Å². The van der Waals surface area contributed by atoms with Crippen LogP contribution >= 0.6 is 0 Å². The van der Waals surface area contributed by atoms with Gasteiger partial charge in [-0.3, -0.25) is 4.79 Å². The molecule has 2 atom stereocenters. The van der Waals surface area contributed by atoms with Gasteiger partial charge in [-0.15, -0.1) is 0 Å². The normalized spacial score (nSPS) is 20.1. The second-order valence-corrected chi connectivity index (χ2v) is 5.43. The minimum absolute atomic E-state index is 0.0460. The summed E-state index contributed by atoms with van der Waals surface area (Å²) < 4.78 is 0. The molecule has 0 fully saturated rings. The molecule has 3 nitrogen and oxygen atoms in total. The molecule has 0 spiro atoms. The molecule has 0 aromatic heterocycles. The van der Waals surface area contributed by atoms with Crippen LogP contribution < -0.4 is 5.32 Å². The van der Waals surface area contributed by atoms with Crippen molar-refractivity contribution in [3.8, 4) is 0 Å². The van der Waals surface area contributed by atoms with Crippen molar-refractivity contribution >= 4 is 5.91 Å². The molecule has 3 heteroatoms. The molecular weight excluding hydrogens is 212 g/mol. The number of hydrogen-bond donors (Lipinski definition) is 1. The van der Waals surface area contributed by atoms with Crippen LogP contribution in [-0.4, -0.2) is 16.8 Å². The fourth-order valence-electron chi connectivity index (χ4n) is 1.96. The van der Waals surface area contributed by atoms with Gasteiger partial charge in [-0.05, 0) is 32.1 Å². The van der Waals surface area contributed by atoms with E-state index < -0.39 is 0 Å². The Morgan fingerprint density at radius 3 is 2.47 bits per heavy atom.